The molecule has 38 heavy (non-hydrogen) atoms. The van der Waals surface area contributed by atoms with Crippen LogP contribution in [-0.2, 0) is 30.7 Å². The van der Waals surface area contributed by atoms with E-state index in [2.05, 4.69) is 5.32 Å². The lowest BCUT2D eigenvalue weighted by Crippen LogP contribution is -2.52. The Morgan fingerprint density at radius 3 is 2.53 bits per heavy atom. The molecule has 0 saturated carbocycles. The van der Waals surface area contributed by atoms with Gasteiger partial charge in [-0.25, -0.2) is 13.2 Å². The highest BCUT2D eigenvalue weighted by atomic mass is 32.2. The van der Waals surface area contributed by atoms with E-state index in [-0.39, 0.29) is 49.1 Å². The van der Waals surface area contributed by atoms with Gasteiger partial charge in [-0.05, 0) is 48.6 Å². The summed E-state index contributed by atoms with van der Waals surface area (Å²) >= 11 is 0. The van der Waals surface area contributed by atoms with Crippen LogP contribution in [0.1, 0.15) is 25.8 Å². The maximum atomic E-state index is 13.5. The molecule has 10 nitrogen and oxygen atoms in total. The van der Waals surface area contributed by atoms with Crippen molar-refractivity contribution in [2.45, 2.75) is 62.0 Å². The number of anilines is 1. The van der Waals surface area contributed by atoms with Gasteiger partial charge in [-0.15, -0.1) is 0 Å². The van der Waals surface area contributed by atoms with E-state index in [1.165, 1.54) is 28.6 Å². The summed E-state index contributed by atoms with van der Waals surface area (Å²) in [7, 11) is -3.93. The van der Waals surface area contributed by atoms with E-state index in [1.54, 1.807) is 0 Å². The minimum atomic E-state index is -3.93. The van der Waals surface area contributed by atoms with Gasteiger partial charge in [0.2, 0.25) is 10.0 Å². The maximum absolute atomic E-state index is 13.5. The van der Waals surface area contributed by atoms with Gasteiger partial charge in [0.1, 0.15) is 6.10 Å². The molecular weight excluding hydrogens is 510 g/mol. The average Bonchev–Trinajstić information content (AvgIpc) is 3.49. The number of nitrogens with zero attached hydrogens (tertiary/aromatic N) is 1. The molecule has 2 aliphatic rings. The van der Waals surface area contributed by atoms with E-state index >= 15 is 0 Å². The molecule has 4 N–H and O–H groups in total. The van der Waals surface area contributed by atoms with Crippen LogP contribution in [0.5, 0.6) is 0 Å². The zero-order valence-electron chi connectivity index (χ0n) is 21.7. The third kappa shape index (κ3) is 7.03. The van der Waals surface area contributed by atoms with Crippen molar-refractivity contribution in [2.75, 3.05) is 32.0 Å². The van der Waals surface area contributed by atoms with Gasteiger partial charge < -0.3 is 30.4 Å². The maximum Gasteiger partial charge on any atom is 0.407 e. The summed E-state index contributed by atoms with van der Waals surface area (Å²) in [6, 6.07) is 14.5. The lowest BCUT2D eigenvalue weighted by molar-refractivity contribution is 0.00102. The standard InChI is InChI=1S/C27H37N3O7S/c1-18(2)15-30(38(33,34)21-10-8-20(28)9-11-21)16-23(31)22(14-19-6-4-3-5-7-19)29-27(32)37-25-17-36-24-12-13-35-26(24)25/h3-11,18,22-26,31H,12-17,28H2,1-2H3,(H,29,32)/t22-,23+,24+,25+,26-/m0/s1. The number of aliphatic hydroxyl groups is 1. The van der Waals surface area contributed by atoms with Gasteiger partial charge in [0.15, 0.2) is 6.10 Å². The highest BCUT2D eigenvalue weighted by Gasteiger charge is 2.44. The minimum absolute atomic E-state index is 0.00187. The van der Waals surface area contributed by atoms with Gasteiger partial charge >= 0.3 is 6.09 Å². The first-order valence-corrected chi connectivity index (χ1v) is 14.4. The zero-order chi connectivity index (χ0) is 27.3. The number of benzene rings is 2. The lowest BCUT2D eigenvalue weighted by atomic mass is 10.0. The van der Waals surface area contributed by atoms with E-state index in [0.717, 1.165) is 12.0 Å². The molecule has 2 aliphatic heterocycles. The van der Waals surface area contributed by atoms with Gasteiger partial charge in [-0.1, -0.05) is 44.2 Å². The van der Waals surface area contributed by atoms with E-state index in [9.17, 15) is 18.3 Å². The molecule has 2 fully saturated rings. The predicted molar refractivity (Wildman–Crippen MR) is 142 cm³/mol. The van der Waals surface area contributed by atoms with Crippen molar-refractivity contribution in [1.29, 1.82) is 0 Å². The van der Waals surface area contributed by atoms with Crippen LogP contribution in [0.4, 0.5) is 10.5 Å². The molecule has 11 heteroatoms. The van der Waals surface area contributed by atoms with E-state index in [1.807, 2.05) is 44.2 Å². The highest BCUT2D eigenvalue weighted by molar-refractivity contribution is 7.89. The Morgan fingerprint density at radius 1 is 1.13 bits per heavy atom. The molecule has 2 aromatic rings. The highest BCUT2D eigenvalue weighted by Crippen LogP contribution is 2.28. The van der Waals surface area contributed by atoms with Crippen molar-refractivity contribution >= 4 is 21.8 Å². The average molecular weight is 548 g/mol. The Bertz CT molecular complexity index is 1160. The molecule has 0 aromatic heterocycles. The number of carbonyl (C=O) groups is 1. The van der Waals surface area contributed by atoms with E-state index < -0.39 is 34.4 Å². The van der Waals surface area contributed by atoms with Crippen molar-refractivity contribution in [2.24, 2.45) is 5.92 Å². The second kappa shape index (κ2) is 12.4. The molecule has 0 radical (unpaired) electrons. The van der Waals surface area contributed by atoms with Gasteiger partial charge in [-0.3, -0.25) is 0 Å². The topological polar surface area (TPSA) is 140 Å². The molecule has 208 valence electrons. The predicted octanol–water partition coefficient (Wildman–Crippen LogP) is 2.17. The molecule has 0 spiro atoms. The molecule has 0 unspecified atom stereocenters. The van der Waals surface area contributed by atoms with Gasteiger partial charge in [0.05, 0.1) is 29.8 Å². The summed E-state index contributed by atoms with van der Waals surface area (Å²) in [6.07, 6.45) is -1.83. The van der Waals surface area contributed by atoms with Crippen LogP contribution in [0, 0.1) is 5.92 Å². The van der Waals surface area contributed by atoms with Crippen molar-refractivity contribution in [1.82, 2.24) is 9.62 Å². The number of nitrogens with one attached hydrogen (secondary N) is 1. The fraction of sp³-hybridized carbons (Fsp3) is 0.519. The molecule has 0 bridgehead atoms. The number of sulfonamides is 1. The molecule has 2 heterocycles. The van der Waals surface area contributed by atoms with Crippen LogP contribution in [0.25, 0.3) is 0 Å². The molecule has 2 saturated heterocycles. The number of hydrogen-bond donors (Lipinski definition) is 3. The van der Waals surface area contributed by atoms with Crippen LogP contribution in [0.3, 0.4) is 0 Å². The Hall–Kier alpha value is -2.70. The van der Waals surface area contributed by atoms with Crippen molar-refractivity contribution < 1.29 is 32.5 Å². The molecule has 0 aliphatic carbocycles. The van der Waals surface area contributed by atoms with E-state index in [4.69, 9.17) is 19.9 Å². The number of alkyl carbamates (subject to hydrolysis) is 1. The van der Waals surface area contributed by atoms with Gasteiger partial charge in [0, 0.05) is 25.4 Å². The number of rotatable bonds is 11. The Labute approximate surface area is 224 Å². The van der Waals surface area contributed by atoms with Crippen LogP contribution in [-0.4, -0.2) is 80.7 Å². The van der Waals surface area contributed by atoms with E-state index in [0.29, 0.717) is 12.3 Å². The fourth-order valence-corrected chi connectivity index (χ4v) is 6.43. The Morgan fingerprint density at radius 2 is 1.84 bits per heavy atom. The quantitative estimate of drug-likeness (QED) is 0.364. The number of fused-ring (bicyclic) bond motifs is 1. The molecule has 4 rings (SSSR count). The summed E-state index contributed by atoms with van der Waals surface area (Å²) in [5.41, 5.74) is 7.06. The first-order chi connectivity index (χ1) is 18.1. The lowest BCUT2D eigenvalue weighted by Gasteiger charge is -2.31. The smallest absolute Gasteiger partial charge is 0.407 e. The fourth-order valence-electron chi connectivity index (χ4n) is 4.81. The molecule has 5 atom stereocenters. The third-order valence-corrected chi connectivity index (χ3v) is 8.57. The minimum Gasteiger partial charge on any atom is -0.441 e. The number of aliphatic hydroxyl groups excluding tert-OH is 1. The second-order valence-corrected chi connectivity index (χ2v) is 12.2. The number of hydrogen-bond acceptors (Lipinski definition) is 8. The second-order valence-electron chi connectivity index (χ2n) is 10.2. The number of nitrogens with two attached hydrogens (primary N) is 1. The monoisotopic (exact) mass is 547 g/mol. The number of amides is 1. The molecule has 1 amide bonds. The summed E-state index contributed by atoms with van der Waals surface area (Å²) in [6.45, 7) is 4.57. The SMILES string of the molecule is CC(C)CN(C[C@@H](O)[C@H](Cc1ccccc1)NC(=O)O[C@@H]1CO[C@@H]2CCO[C@@H]21)S(=O)(=O)c1ccc(N)cc1. The summed E-state index contributed by atoms with van der Waals surface area (Å²) in [5.74, 6) is -0.00187. The number of carbonyl (C=O) groups excluding carboxylic acids is 1. The van der Waals surface area contributed by atoms with Gasteiger partial charge in [-0.2, -0.15) is 4.31 Å². The normalized spacial score (nSPS) is 22.8. The van der Waals surface area contributed by atoms with Crippen LogP contribution in [0.15, 0.2) is 59.5 Å². The first-order valence-electron chi connectivity index (χ1n) is 12.9. The molecule has 2 aromatic carbocycles. The summed E-state index contributed by atoms with van der Waals surface area (Å²) < 4.78 is 45.1. The first kappa shape index (κ1) is 28.3. The third-order valence-electron chi connectivity index (χ3n) is 6.72. The van der Waals surface area contributed by atoms with Crippen LogP contribution >= 0.6 is 0 Å². The largest absolute Gasteiger partial charge is 0.441 e. The number of ether oxygens (including phenoxy) is 3. The molecular formula is C27H37N3O7S. The summed E-state index contributed by atoms with van der Waals surface area (Å²) in [5, 5.41) is 14.1. The van der Waals surface area contributed by atoms with Crippen molar-refractivity contribution in [3.63, 3.8) is 0 Å². The van der Waals surface area contributed by atoms with Crippen molar-refractivity contribution in [3.8, 4) is 0 Å². The van der Waals surface area contributed by atoms with Crippen LogP contribution < -0.4 is 11.1 Å². The zero-order valence-corrected chi connectivity index (χ0v) is 22.5. The van der Waals surface area contributed by atoms with Crippen LogP contribution in [0.2, 0.25) is 0 Å². The Kier molecular flexibility index (Phi) is 9.27. The Balaban J connectivity index is 1.51. The van der Waals surface area contributed by atoms with Crippen molar-refractivity contribution in [3.05, 3.63) is 60.2 Å². The summed E-state index contributed by atoms with van der Waals surface area (Å²) in [4.78, 5) is 13.0. The van der Waals surface area contributed by atoms with Gasteiger partial charge in [0.25, 0.3) is 0 Å². The number of nitrogen functional groups attached to an aromatic ring is 1.